The molecule has 136 valence electrons. The molecule has 2 heterocycles. The zero-order valence-electron chi connectivity index (χ0n) is 14.4. The fourth-order valence-electron chi connectivity index (χ4n) is 3.56. The third-order valence-electron chi connectivity index (χ3n) is 5.01. The van der Waals surface area contributed by atoms with Gasteiger partial charge in [0, 0.05) is 18.8 Å². The normalized spacial score (nSPS) is 19.3. The van der Waals surface area contributed by atoms with Gasteiger partial charge in [0.15, 0.2) is 0 Å². The zero-order chi connectivity index (χ0) is 17.9. The highest BCUT2D eigenvalue weighted by atomic mass is 19.4. The number of H-pyrrole nitrogens is 1. The van der Waals surface area contributed by atoms with Crippen LogP contribution < -0.4 is 0 Å². The van der Waals surface area contributed by atoms with Crippen molar-refractivity contribution in [1.29, 1.82) is 0 Å². The lowest BCUT2D eigenvalue weighted by atomic mass is 9.91. The molecule has 1 aromatic carbocycles. The Kier molecular flexibility index (Phi) is 5.47. The molecule has 3 rings (SSSR count). The SMILES string of the molecule is Cc1[nH]cnc1CN1CCCC(CCc2cccc(C(F)(F)F)c2)C1. The van der Waals surface area contributed by atoms with Gasteiger partial charge < -0.3 is 4.98 Å². The van der Waals surface area contributed by atoms with Crippen molar-refractivity contribution < 1.29 is 13.2 Å². The van der Waals surface area contributed by atoms with Crippen molar-refractivity contribution in [3.8, 4) is 0 Å². The van der Waals surface area contributed by atoms with Crippen molar-refractivity contribution in [2.45, 2.75) is 45.3 Å². The molecule has 1 aliphatic rings. The van der Waals surface area contributed by atoms with E-state index >= 15 is 0 Å². The van der Waals surface area contributed by atoms with Gasteiger partial charge in [-0.25, -0.2) is 4.98 Å². The highest BCUT2D eigenvalue weighted by Gasteiger charge is 2.30. The van der Waals surface area contributed by atoms with E-state index in [-0.39, 0.29) is 0 Å². The van der Waals surface area contributed by atoms with Crippen molar-refractivity contribution in [1.82, 2.24) is 14.9 Å². The number of imidazole rings is 1. The van der Waals surface area contributed by atoms with Crippen molar-refractivity contribution >= 4 is 0 Å². The van der Waals surface area contributed by atoms with Gasteiger partial charge in [-0.2, -0.15) is 13.2 Å². The van der Waals surface area contributed by atoms with Crippen molar-refractivity contribution in [2.75, 3.05) is 13.1 Å². The second kappa shape index (κ2) is 7.60. The summed E-state index contributed by atoms with van der Waals surface area (Å²) in [4.78, 5) is 9.87. The highest BCUT2D eigenvalue weighted by Crippen LogP contribution is 2.30. The lowest BCUT2D eigenvalue weighted by molar-refractivity contribution is -0.137. The van der Waals surface area contributed by atoms with Crippen LogP contribution >= 0.6 is 0 Å². The summed E-state index contributed by atoms with van der Waals surface area (Å²) in [6.45, 7) is 4.92. The largest absolute Gasteiger partial charge is 0.416 e. The smallest absolute Gasteiger partial charge is 0.348 e. The van der Waals surface area contributed by atoms with Crippen LogP contribution in [0.1, 0.15) is 41.8 Å². The molecular formula is C19H24F3N3. The van der Waals surface area contributed by atoms with E-state index in [0.29, 0.717) is 12.3 Å². The molecule has 0 radical (unpaired) electrons. The Morgan fingerprint density at radius 3 is 2.88 bits per heavy atom. The summed E-state index contributed by atoms with van der Waals surface area (Å²) < 4.78 is 38.4. The molecule has 1 fully saturated rings. The van der Waals surface area contributed by atoms with Crippen molar-refractivity contribution in [2.24, 2.45) is 5.92 Å². The van der Waals surface area contributed by atoms with Gasteiger partial charge in [0.25, 0.3) is 0 Å². The number of alkyl halides is 3. The molecule has 0 amide bonds. The molecule has 2 aromatic rings. The monoisotopic (exact) mass is 351 g/mol. The minimum Gasteiger partial charge on any atom is -0.348 e. The number of piperidine rings is 1. The van der Waals surface area contributed by atoms with Crippen LogP contribution in [0.5, 0.6) is 0 Å². The lowest BCUT2D eigenvalue weighted by Crippen LogP contribution is -2.35. The first kappa shape index (κ1) is 18.0. The van der Waals surface area contributed by atoms with Gasteiger partial charge in [-0.1, -0.05) is 18.2 Å². The van der Waals surface area contributed by atoms with Crippen LogP contribution in [0.25, 0.3) is 0 Å². The molecular weight excluding hydrogens is 327 g/mol. The number of rotatable bonds is 5. The maximum atomic E-state index is 12.8. The summed E-state index contributed by atoms with van der Waals surface area (Å²) in [6.07, 6.45) is 1.37. The molecule has 0 saturated carbocycles. The van der Waals surface area contributed by atoms with Crippen LogP contribution in [-0.2, 0) is 19.1 Å². The van der Waals surface area contributed by atoms with Crippen LogP contribution in [0.3, 0.4) is 0 Å². The Balaban J connectivity index is 1.54. The van der Waals surface area contributed by atoms with E-state index in [1.54, 1.807) is 12.4 Å². The maximum Gasteiger partial charge on any atom is 0.416 e. The molecule has 1 aromatic heterocycles. The van der Waals surface area contributed by atoms with Gasteiger partial charge in [0.2, 0.25) is 0 Å². The molecule has 6 heteroatoms. The van der Waals surface area contributed by atoms with Gasteiger partial charge >= 0.3 is 6.18 Å². The molecule has 0 spiro atoms. The average Bonchev–Trinajstić information content (AvgIpc) is 2.98. The predicted octanol–water partition coefficient (Wildman–Crippen LogP) is 4.58. The first-order valence-corrected chi connectivity index (χ1v) is 8.79. The number of benzene rings is 1. The Morgan fingerprint density at radius 1 is 1.32 bits per heavy atom. The summed E-state index contributed by atoms with van der Waals surface area (Å²) in [6, 6.07) is 5.72. The second-order valence-corrected chi connectivity index (χ2v) is 6.95. The molecule has 25 heavy (non-hydrogen) atoms. The second-order valence-electron chi connectivity index (χ2n) is 6.95. The number of nitrogens with zero attached hydrogens (tertiary/aromatic N) is 2. The van der Waals surface area contributed by atoms with Gasteiger partial charge in [-0.05, 0) is 56.7 Å². The first-order valence-electron chi connectivity index (χ1n) is 8.79. The van der Waals surface area contributed by atoms with Crippen LogP contribution in [0.2, 0.25) is 0 Å². The number of nitrogens with one attached hydrogen (secondary N) is 1. The third kappa shape index (κ3) is 4.84. The van der Waals surface area contributed by atoms with E-state index in [0.717, 1.165) is 61.9 Å². The van der Waals surface area contributed by atoms with Gasteiger partial charge in [0.05, 0.1) is 17.6 Å². The number of likely N-dealkylation sites (tertiary alicyclic amines) is 1. The first-order chi connectivity index (χ1) is 11.9. The highest BCUT2D eigenvalue weighted by molar-refractivity contribution is 5.25. The minimum atomic E-state index is -4.26. The Labute approximate surface area is 146 Å². The van der Waals surface area contributed by atoms with Crippen LogP contribution in [0, 0.1) is 12.8 Å². The number of hydrogen-bond acceptors (Lipinski definition) is 2. The van der Waals surface area contributed by atoms with E-state index in [2.05, 4.69) is 14.9 Å². The van der Waals surface area contributed by atoms with Crippen LogP contribution in [0.4, 0.5) is 13.2 Å². The maximum absolute atomic E-state index is 12.8. The Morgan fingerprint density at radius 2 is 2.16 bits per heavy atom. The molecule has 0 bridgehead atoms. The van der Waals surface area contributed by atoms with E-state index in [1.165, 1.54) is 12.1 Å². The summed E-state index contributed by atoms with van der Waals surface area (Å²) in [5, 5.41) is 0. The molecule has 1 unspecified atom stereocenters. The third-order valence-corrected chi connectivity index (χ3v) is 5.01. The van der Waals surface area contributed by atoms with Crippen molar-refractivity contribution in [3.05, 3.63) is 53.1 Å². The van der Waals surface area contributed by atoms with Gasteiger partial charge in [0.1, 0.15) is 0 Å². The topological polar surface area (TPSA) is 31.9 Å². The molecule has 3 nitrogen and oxygen atoms in total. The van der Waals surface area contributed by atoms with E-state index in [4.69, 9.17) is 0 Å². The summed E-state index contributed by atoms with van der Waals surface area (Å²) in [5.41, 5.74) is 2.41. The molecule has 0 aliphatic carbocycles. The lowest BCUT2D eigenvalue weighted by Gasteiger charge is -2.32. The summed E-state index contributed by atoms with van der Waals surface area (Å²) >= 11 is 0. The number of aromatic nitrogens is 2. The average molecular weight is 351 g/mol. The number of hydrogen-bond donors (Lipinski definition) is 1. The van der Waals surface area contributed by atoms with Gasteiger partial charge in [-0.3, -0.25) is 4.90 Å². The van der Waals surface area contributed by atoms with Crippen molar-refractivity contribution in [3.63, 3.8) is 0 Å². The fourth-order valence-corrected chi connectivity index (χ4v) is 3.56. The van der Waals surface area contributed by atoms with E-state index in [9.17, 15) is 13.2 Å². The number of aryl methyl sites for hydroxylation is 2. The van der Waals surface area contributed by atoms with E-state index in [1.807, 2.05) is 6.92 Å². The molecule has 1 N–H and O–H groups in total. The predicted molar refractivity (Wildman–Crippen MR) is 91.1 cm³/mol. The molecule has 1 saturated heterocycles. The number of aromatic amines is 1. The zero-order valence-corrected chi connectivity index (χ0v) is 14.4. The molecule has 1 atom stereocenters. The summed E-state index contributed by atoms with van der Waals surface area (Å²) in [7, 11) is 0. The minimum absolute atomic E-state index is 0.530. The quantitative estimate of drug-likeness (QED) is 0.855. The Bertz CT molecular complexity index is 693. The molecule has 1 aliphatic heterocycles. The fraction of sp³-hybridized carbons (Fsp3) is 0.526. The van der Waals surface area contributed by atoms with E-state index < -0.39 is 11.7 Å². The van der Waals surface area contributed by atoms with Crippen LogP contribution in [-0.4, -0.2) is 28.0 Å². The Hall–Kier alpha value is -1.82. The van der Waals surface area contributed by atoms with Gasteiger partial charge in [-0.15, -0.1) is 0 Å². The standard InChI is InChI=1S/C19H24F3N3/c1-14-18(24-13-23-14)12-25-9-3-5-16(11-25)8-7-15-4-2-6-17(10-15)19(20,21)22/h2,4,6,10,13,16H,3,5,7-9,11-12H2,1H3,(H,23,24). The van der Waals surface area contributed by atoms with Crippen LogP contribution in [0.15, 0.2) is 30.6 Å². The summed E-state index contributed by atoms with van der Waals surface area (Å²) in [5.74, 6) is 0.530. The number of halogens is 3.